The van der Waals surface area contributed by atoms with Crippen LogP contribution in [0.25, 0.3) is 11.3 Å². The second kappa shape index (κ2) is 9.08. The van der Waals surface area contributed by atoms with Crippen molar-refractivity contribution in [3.63, 3.8) is 0 Å². The zero-order valence-corrected chi connectivity index (χ0v) is 16.5. The predicted molar refractivity (Wildman–Crippen MR) is 112 cm³/mol. The van der Waals surface area contributed by atoms with E-state index in [1.807, 2.05) is 60.7 Å². The van der Waals surface area contributed by atoms with Crippen LogP contribution in [0.5, 0.6) is 0 Å². The van der Waals surface area contributed by atoms with E-state index in [1.165, 1.54) is 16.8 Å². The van der Waals surface area contributed by atoms with E-state index in [0.717, 1.165) is 15.7 Å². The molecule has 8 heteroatoms. The van der Waals surface area contributed by atoms with E-state index in [2.05, 4.69) is 5.16 Å². The Kier molecular flexibility index (Phi) is 5.89. The summed E-state index contributed by atoms with van der Waals surface area (Å²) in [5.74, 6) is -0.171. The predicted octanol–water partition coefficient (Wildman–Crippen LogP) is 2.46. The quantitative estimate of drug-likeness (QED) is 0.429. The molecule has 31 heavy (non-hydrogen) atoms. The van der Waals surface area contributed by atoms with Crippen molar-refractivity contribution in [2.45, 2.75) is 19.7 Å². The molecule has 4 aromatic rings. The molecule has 2 aromatic carbocycles. The van der Waals surface area contributed by atoms with Gasteiger partial charge in [0.25, 0.3) is 5.56 Å². The first-order valence-corrected chi connectivity index (χ1v) is 9.61. The number of carbonyl (C=O) groups is 1. The van der Waals surface area contributed by atoms with Gasteiger partial charge in [-0.25, -0.2) is 9.36 Å². The van der Waals surface area contributed by atoms with Crippen LogP contribution in [0, 0.1) is 0 Å². The molecule has 2 heterocycles. The van der Waals surface area contributed by atoms with E-state index < -0.39 is 23.8 Å². The van der Waals surface area contributed by atoms with E-state index in [9.17, 15) is 14.4 Å². The van der Waals surface area contributed by atoms with Gasteiger partial charge < -0.3 is 9.26 Å². The first kappa shape index (κ1) is 20.1. The highest BCUT2D eigenvalue weighted by Gasteiger charge is 2.13. The summed E-state index contributed by atoms with van der Waals surface area (Å²) in [5, 5.41) is 3.88. The number of rotatable bonds is 7. The average molecular weight is 417 g/mol. The monoisotopic (exact) mass is 417 g/mol. The van der Waals surface area contributed by atoms with Crippen LogP contribution in [0.1, 0.15) is 11.3 Å². The Labute approximate surface area is 176 Å². The molecule has 0 amide bonds. The van der Waals surface area contributed by atoms with Crippen LogP contribution in [0.15, 0.2) is 93.1 Å². The maximum atomic E-state index is 12.7. The van der Waals surface area contributed by atoms with Gasteiger partial charge in [0.1, 0.15) is 18.8 Å². The largest absolute Gasteiger partial charge is 0.458 e. The van der Waals surface area contributed by atoms with Crippen molar-refractivity contribution in [1.82, 2.24) is 14.3 Å². The third kappa shape index (κ3) is 4.87. The molecule has 156 valence electrons. The zero-order chi connectivity index (χ0) is 21.6. The SMILES string of the molecule is O=C(Cn1c(=O)ccn(Cc2ccccc2)c1=O)OCc1cc(-c2ccccc2)on1. The third-order valence-corrected chi connectivity index (χ3v) is 4.62. The summed E-state index contributed by atoms with van der Waals surface area (Å²) in [6.45, 7) is -0.331. The fourth-order valence-electron chi connectivity index (χ4n) is 3.05. The summed E-state index contributed by atoms with van der Waals surface area (Å²) < 4.78 is 12.7. The van der Waals surface area contributed by atoms with Gasteiger partial charge in [0.15, 0.2) is 5.76 Å². The van der Waals surface area contributed by atoms with Gasteiger partial charge in [0, 0.05) is 23.9 Å². The van der Waals surface area contributed by atoms with Gasteiger partial charge in [0.05, 0.1) is 6.54 Å². The minimum atomic E-state index is -0.721. The summed E-state index contributed by atoms with van der Waals surface area (Å²) in [6, 6.07) is 21.7. The lowest BCUT2D eigenvalue weighted by Crippen LogP contribution is -2.41. The van der Waals surface area contributed by atoms with Crippen LogP contribution < -0.4 is 11.2 Å². The highest BCUT2D eigenvalue weighted by Crippen LogP contribution is 2.19. The summed E-state index contributed by atoms with van der Waals surface area (Å²) >= 11 is 0. The van der Waals surface area contributed by atoms with Gasteiger partial charge in [0.2, 0.25) is 0 Å². The highest BCUT2D eigenvalue weighted by molar-refractivity contribution is 5.69. The first-order valence-electron chi connectivity index (χ1n) is 9.61. The molecule has 0 aliphatic rings. The molecule has 0 aliphatic heterocycles. The Morgan fingerprint density at radius 3 is 2.42 bits per heavy atom. The third-order valence-electron chi connectivity index (χ3n) is 4.62. The zero-order valence-electron chi connectivity index (χ0n) is 16.5. The molecular formula is C23H19N3O5. The van der Waals surface area contributed by atoms with Crippen molar-refractivity contribution in [1.29, 1.82) is 0 Å². The maximum Gasteiger partial charge on any atom is 0.331 e. The van der Waals surface area contributed by atoms with E-state index in [4.69, 9.17) is 9.26 Å². The Morgan fingerprint density at radius 2 is 1.68 bits per heavy atom. The second-order valence-corrected chi connectivity index (χ2v) is 6.85. The smallest absolute Gasteiger partial charge is 0.331 e. The standard InChI is InChI=1S/C23H19N3O5/c27-21-11-12-25(14-17-7-3-1-4-8-17)23(29)26(21)15-22(28)30-16-19-13-20(31-24-19)18-9-5-2-6-10-18/h1-13H,14-16H2. The van der Waals surface area contributed by atoms with Gasteiger partial charge >= 0.3 is 11.7 Å². The van der Waals surface area contributed by atoms with Crippen molar-refractivity contribution in [2.24, 2.45) is 0 Å². The second-order valence-electron chi connectivity index (χ2n) is 6.85. The summed E-state index contributed by atoms with van der Waals surface area (Å²) in [5.41, 5.74) is 1.02. The number of nitrogens with zero attached hydrogens (tertiary/aromatic N) is 3. The molecule has 0 radical (unpaired) electrons. The number of ether oxygens (including phenoxy) is 1. The van der Waals surface area contributed by atoms with Crippen LogP contribution in [-0.2, 0) is 29.2 Å². The Bertz CT molecular complexity index is 1290. The minimum absolute atomic E-state index is 0.130. The van der Waals surface area contributed by atoms with Gasteiger partial charge in [-0.1, -0.05) is 65.8 Å². The molecule has 0 fully saturated rings. The molecule has 0 N–H and O–H groups in total. The Balaban J connectivity index is 1.42. The normalized spacial score (nSPS) is 10.7. The molecular weight excluding hydrogens is 398 g/mol. The molecule has 0 spiro atoms. The van der Waals surface area contributed by atoms with E-state index in [1.54, 1.807) is 6.07 Å². The highest BCUT2D eigenvalue weighted by atomic mass is 16.5. The maximum absolute atomic E-state index is 12.7. The first-order chi connectivity index (χ1) is 15.1. The van der Waals surface area contributed by atoms with Crippen LogP contribution in [0.2, 0.25) is 0 Å². The van der Waals surface area contributed by atoms with Gasteiger partial charge in [-0.05, 0) is 5.56 Å². The van der Waals surface area contributed by atoms with Crippen molar-refractivity contribution >= 4 is 5.97 Å². The molecule has 0 bridgehead atoms. The van der Waals surface area contributed by atoms with Gasteiger partial charge in [-0.15, -0.1) is 0 Å². The lowest BCUT2D eigenvalue weighted by molar-refractivity contribution is -0.146. The Morgan fingerprint density at radius 1 is 0.968 bits per heavy atom. The average Bonchev–Trinajstić information content (AvgIpc) is 3.28. The van der Waals surface area contributed by atoms with Gasteiger partial charge in [-0.3, -0.25) is 14.2 Å². The summed E-state index contributed by atoms with van der Waals surface area (Å²) in [6.07, 6.45) is 1.42. The van der Waals surface area contributed by atoms with E-state index in [0.29, 0.717) is 11.5 Å². The molecule has 2 aromatic heterocycles. The Hall–Kier alpha value is -4.20. The van der Waals surface area contributed by atoms with Crippen LogP contribution in [0.4, 0.5) is 0 Å². The van der Waals surface area contributed by atoms with Crippen LogP contribution >= 0.6 is 0 Å². The fraction of sp³-hybridized carbons (Fsp3) is 0.130. The number of hydrogen-bond acceptors (Lipinski definition) is 6. The summed E-state index contributed by atoms with van der Waals surface area (Å²) in [7, 11) is 0. The number of aromatic nitrogens is 3. The fourth-order valence-corrected chi connectivity index (χ4v) is 3.05. The number of esters is 1. The molecule has 0 atom stereocenters. The topological polar surface area (TPSA) is 96.3 Å². The number of hydrogen-bond donors (Lipinski definition) is 0. The van der Waals surface area contributed by atoms with Crippen LogP contribution in [-0.4, -0.2) is 20.3 Å². The van der Waals surface area contributed by atoms with Crippen molar-refractivity contribution < 1.29 is 14.1 Å². The summed E-state index contributed by atoms with van der Waals surface area (Å²) in [4.78, 5) is 37.0. The molecule has 0 unspecified atom stereocenters. The molecule has 8 nitrogen and oxygen atoms in total. The molecule has 0 saturated heterocycles. The number of carbonyl (C=O) groups excluding carboxylic acids is 1. The lowest BCUT2D eigenvalue weighted by atomic mass is 10.2. The van der Waals surface area contributed by atoms with Gasteiger partial charge in [-0.2, -0.15) is 0 Å². The number of benzene rings is 2. The molecule has 0 saturated carbocycles. The lowest BCUT2D eigenvalue weighted by Gasteiger charge is -2.09. The molecule has 4 rings (SSSR count). The van der Waals surface area contributed by atoms with Crippen molar-refractivity contribution in [3.8, 4) is 11.3 Å². The van der Waals surface area contributed by atoms with E-state index >= 15 is 0 Å². The van der Waals surface area contributed by atoms with Crippen molar-refractivity contribution in [3.05, 3.63) is 111 Å². The molecule has 0 aliphatic carbocycles. The van der Waals surface area contributed by atoms with Crippen LogP contribution in [0.3, 0.4) is 0 Å². The minimum Gasteiger partial charge on any atom is -0.458 e. The van der Waals surface area contributed by atoms with Crippen molar-refractivity contribution in [2.75, 3.05) is 0 Å². The van der Waals surface area contributed by atoms with E-state index in [-0.39, 0.29) is 13.2 Å².